The van der Waals surface area contributed by atoms with Crippen molar-refractivity contribution in [1.29, 1.82) is 0 Å². The second kappa shape index (κ2) is 6.83. The first-order valence-electron chi connectivity index (χ1n) is 8.51. The van der Waals surface area contributed by atoms with Gasteiger partial charge in [-0.15, -0.1) is 0 Å². The second-order valence-electron chi connectivity index (χ2n) is 6.39. The molecule has 1 aromatic carbocycles. The molecule has 2 aliphatic rings. The Morgan fingerprint density at radius 1 is 1.21 bits per heavy atom. The molecule has 1 aromatic heterocycles. The number of nitrogens with zero attached hydrogens (tertiary/aromatic N) is 3. The lowest BCUT2D eigenvalue weighted by Crippen LogP contribution is -2.30. The average molecular weight is 329 g/mol. The Morgan fingerprint density at radius 3 is 3.04 bits per heavy atom. The van der Waals surface area contributed by atoms with E-state index in [1.165, 1.54) is 11.3 Å². The van der Waals surface area contributed by atoms with Gasteiger partial charge in [0.15, 0.2) is 11.5 Å². The molecule has 1 atom stereocenters. The van der Waals surface area contributed by atoms with E-state index >= 15 is 0 Å². The van der Waals surface area contributed by atoms with Crippen molar-refractivity contribution in [1.82, 2.24) is 14.7 Å². The van der Waals surface area contributed by atoms with E-state index in [9.17, 15) is 0 Å². The fraction of sp³-hybridized carbons (Fsp3) is 0.500. The fourth-order valence-electron chi connectivity index (χ4n) is 3.43. The van der Waals surface area contributed by atoms with E-state index in [2.05, 4.69) is 32.9 Å². The summed E-state index contributed by atoms with van der Waals surface area (Å²) in [5, 5.41) is 4.46. The van der Waals surface area contributed by atoms with Crippen LogP contribution in [0, 0.1) is 5.92 Å². The summed E-state index contributed by atoms with van der Waals surface area (Å²) < 4.78 is 18.7. The minimum absolute atomic E-state index is 0.318. The van der Waals surface area contributed by atoms with Gasteiger partial charge in [0.05, 0.1) is 12.3 Å². The van der Waals surface area contributed by atoms with E-state index in [4.69, 9.17) is 14.2 Å². The third-order valence-corrected chi connectivity index (χ3v) is 4.54. The smallest absolute Gasteiger partial charge is 0.231 e. The first-order chi connectivity index (χ1) is 11.8. The zero-order valence-electron chi connectivity index (χ0n) is 14.0. The molecular weight excluding hydrogens is 306 g/mol. The number of aromatic nitrogens is 2. The summed E-state index contributed by atoms with van der Waals surface area (Å²) in [6.45, 7) is 7.58. The van der Waals surface area contributed by atoms with E-state index in [0.29, 0.717) is 12.7 Å². The second-order valence-corrected chi connectivity index (χ2v) is 6.39. The van der Waals surface area contributed by atoms with Crippen molar-refractivity contribution >= 4 is 0 Å². The van der Waals surface area contributed by atoms with Crippen LogP contribution in [0.5, 0.6) is 11.5 Å². The van der Waals surface area contributed by atoms with Crippen molar-refractivity contribution in [3.63, 3.8) is 0 Å². The Balaban J connectivity index is 1.50. The number of fused-ring (bicyclic) bond motifs is 2. The van der Waals surface area contributed by atoms with Crippen LogP contribution in [0.2, 0.25) is 0 Å². The average Bonchev–Trinajstić information content (AvgIpc) is 3.18. The number of hydrogen-bond acceptors (Lipinski definition) is 5. The summed E-state index contributed by atoms with van der Waals surface area (Å²) in [5.74, 6) is 2.13. The van der Waals surface area contributed by atoms with Gasteiger partial charge >= 0.3 is 0 Å². The number of rotatable bonds is 5. The van der Waals surface area contributed by atoms with Crippen LogP contribution in [0.15, 0.2) is 30.5 Å². The highest BCUT2D eigenvalue weighted by Gasteiger charge is 2.23. The first-order valence-corrected chi connectivity index (χ1v) is 8.51. The lowest BCUT2D eigenvalue weighted by atomic mass is 10.1. The quantitative estimate of drug-likeness (QED) is 0.842. The van der Waals surface area contributed by atoms with E-state index in [-0.39, 0.29) is 0 Å². The minimum atomic E-state index is 0.318. The molecule has 0 fully saturated rings. The van der Waals surface area contributed by atoms with Gasteiger partial charge in [-0.1, -0.05) is 6.07 Å². The summed E-state index contributed by atoms with van der Waals surface area (Å²) in [6.07, 6.45) is 1.89. The third kappa shape index (κ3) is 3.25. The van der Waals surface area contributed by atoms with Crippen LogP contribution < -0.4 is 9.47 Å². The van der Waals surface area contributed by atoms with Gasteiger partial charge in [0.1, 0.15) is 0 Å². The Labute approximate surface area is 141 Å². The molecule has 0 saturated carbocycles. The van der Waals surface area contributed by atoms with Crippen molar-refractivity contribution in [2.45, 2.75) is 26.6 Å². The van der Waals surface area contributed by atoms with Gasteiger partial charge in [-0.25, -0.2) is 0 Å². The van der Waals surface area contributed by atoms with Crippen LogP contribution >= 0.6 is 0 Å². The summed E-state index contributed by atoms with van der Waals surface area (Å²) in [7, 11) is 0. The largest absolute Gasteiger partial charge is 0.454 e. The van der Waals surface area contributed by atoms with E-state index in [1.807, 2.05) is 19.2 Å². The van der Waals surface area contributed by atoms with Gasteiger partial charge in [-0.05, 0) is 30.7 Å². The lowest BCUT2D eigenvalue weighted by Gasteiger charge is -2.24. The maximum Gasteiger partial charge on any atom is 0.231 e. The van der Waals surface area contributed by atoms with Gasteiger partial charge in [0.25, 0.3) is 0 Å². The van der Waals surface area contributed by atoms with Gasteiger partial charge < -0.3 is 14.2 Å². The van der Waals surface area contributed by atoms with Crippen LogP contribution in [0.1, 0.15) is 18.2 Å². The molecule has 6 nitrogen and oxygen atoms in total. The van der Waals surface area contributed by atoms with E-state index in [0.717, 1.165) is 50.9 Å². The van der Waals surface area contributed by atoms with Crippen molar-refractivity contribution in [2.24, 2.45) is 5.92 Å². The van der Waals surface area contributed by atoms with Crippen LogP contribution in [0.3, 0.4) is 0 Å². The third-order valence-electron chi connectivity index (χ3n) is 4.54. The lowest BCUT2D eigenvalue weighted by molar-refractivity contribution is 0.0841. The van der Waals surface area contributed by atoms with Crippen molar-refractivity contribution in [2.75, 3.05) is 26.6 Å². The molecule has 0 unspecified atom stereocenters. The normalized spacial score (nSPS) is 20.0. The SMILES string of the molecule is CCOC[C@H]1CN(Cc2ccc3c(c2)OCO3)Cc2ccnn2C1. The maximum absolute atomic E-state index is 5.67. The molecule has 0 amide bonds. The Morgan fingerprint density at radius 2 is 2.12 bits per heavy atom. The molecule has 2 aromatic rings. The van der Waals surface area contributed by atoms with E-state index < -0.39 is 0 Å². The molecule has 0 saturated heterocycles. The molecule has 0 spiro atoms. The summed E-state index contributed by atoms with van der Waals surface area (Å²) >= 11 is 0. The van der Waals surface area contributed by atoms with Crippen molar-refractivity contribution < 1.29 is 14.2 Å². The summed E-state index contributed by atoms with van der Waals surface area (Å²) in [6, 6.07) is 8.31. The van der Waals surface area contributed by atoms with Gasteiger partial charge in [0.2, 0.25) is 6.79 Å². The zero-order valence-corrected chi connectivity index (χ0v) is 14.0. The van der Waals surface area contributed by atoms with Crippen LogP contribution in [0.25, 0.3) is 0 Å². The predicted octanol–water partition coefficient (Wildman–Crippen LogP) is 2.28. The Hall–Kier alpha value is -2.05. The highest BCUT2D eigenvalue weighted by molar-refractivity contribution is 5.44. The van der Waals surface area contributed by atoms with Crippen molar-refractivity contribution in [3.8, 4) is 11.5 Å². The first kappa shape index (κ1) is 15.5. The topological polar surface area (TPSA) is 48.8 Å². The molecule has 128 valence electrons. The van der Waals surface area contributed by atoms with Gasteiger partial charge in [-0.2, -0.15) is 5.10 Å². The van der Waals surface area contributed by atoms with Gasteiger partial charge in [0, 0.05) is 44.9 Å². The Bertz CT molecular complexity index is 701. The van der Waals surface area contributed by atoms with Gasteiger partial charge in [-0.3, -0.25) is 9.58 Å². The van der Waals surface area contributed by atoms with Crippen molar-refractivity contribution in [3.05, 3.63) is 41.7 Å². The fourth-order valence-corrected chi connectivity index (χ4v) is 3.43. The molecule has 0 bridgehead atoms. The van der Waals surface area contributed by atoms with Crippen LogP contribution in [-0.4, -0.2) is 41.2 Å². The number of hydrogen-bond donors (Lipinski definition) is 0. The molecule has 3 heterocycles. The molecule has 6 heteroatoms. The van der Waals surface area contributed by atoms with Crippen LogP contribution in [-0.2, 0) is 24.4 Å². The minimum Gasteiger partial charge on any atom is -0.454 e. The zero-order chi connectivity index (χ0) is 16.4. The standard InChI is InChI=1S/C18H23N3O3/c1-2-22-12-15-9-20(11-16-5-6-19-21(16)10-15)8-14-3-4-17-18(7-14)24-13-23-17/h3-7,15H,2,8-13H2,1H3/t15-/m0/s1. The summed E-state index contributed by atoms with van der Waals surface area (Å²) in [4.78, 5) is 2.46. The molecule has 0 radical (unpaired) electrons. The molecular formula is C18H23N3O3. The highest BCUT2D eigenvalue weighted by atomic mass is 16.7. The molecule has 0 N–H and O–H groups in total. The predicted molar refractivity (Wildman–Crippen MR) is 88.9 cm³/mol. The molecule has 0 aliphatic carbocycles. The number of benzene rings is 1. The molecule has 4 rings (SSSR count). The monoisotopic (exact) mass is 329 g/mol. The maximum atomic E-state index is 5.67. The Kier molecular flexibility index (Phi) is 4.40. The molecule has 24 heavy (non-hydrogen) atoms. The number of ether oxygens (including phenoxy) is 3. The molecule has 2 aliphatic heterocycles. The van der Waals surface area contributed by atoms with Crippen LogP contribution in [0.4, 0.5) is 0 Å². The summed E-state index contributed by atoms with van der Waals surface area (Å²) in [5.41, 5.74) is 2.50. The highest BCUT2D eigenvalue weighted by Crippen LogP contribution is 2.33. The van der Waals surface area contributed by atoms with E-state index in [1.54, 1.807) is 0 Å².